The van der Waals surface area contributed by atoms with Gasteiger partial charge in [0.15, 0.2) is 0 Å². The number of carbonyl (C=O) groups is 2. The number of carboxylic acids is 1. The van der Waals surface area contributed by atoms with Crippen LogP contribution in [-0.4, -0.2) is 28.0 Å². The van der Waals surface area contributed by atoms with Gasteiger partial charge in [0.05, 0.1) is 6.42 Å². The van der Waals surface area contributed by atoms with E-state index in [0.29, 0.717) is 24.3 Å². The van der Waals surface area contributed by atoms with Gasteiger partial charge in [-0.3, -0.25) is 14.6 Å². The third-order valence-corrected chi connectivity index (χ3v) is 3.62. The van der Waals surface area contributed by atoms with Crippen LogP contribution in [0.4, 0.5) is 0 Å². The number of carbonyl (C=O) groups excluding carboxylic acids is 1. The summed E-state index contributed by atoms with van der Waals surface area (Å²) in [4.78, 5) is 27.3. The van der Waals surface area contributed by atoms with Crippen molar-refractivity contribution in [1.29, 1.82) is 0 Å². The maximum Gasteiger partial charge on any atom is 0.305 e. The van der Waals surface area contributed by atoms with Gasteiger partial charge >= 0.3 is 5.97 Å². The minimum Gasteiger partial charge on any atom is -0.489 e. The molecule has 2 N–H and O–H groups in total. The minimum absolute atomic E-state index is 0.0865. The van der Waals surface area contributed by atoms with Crippen molar-refractivity contribution < 1.29 is 19.4 Å². The summed E-state index contributed by atoms with van der Waals surface area (Å²) >= 11 is 0. The number of rotatable bonds is 9. The molecule has 0 unspecified atom stereocenters. The summed E-state index contributed by atoms with van der Waals surface area (Å²) in [6.45, 7) is 2.31. The third-order valence-electron chi connectivity index (χ3n) is 3.62. The molecule has 0 fully saturated rings. The van der Waals surface area contributed by atoms with E-state index < -0.39 is 5.97 Å². The summed E-state index contributed by atoms with van der Waals surface area (Å²) in [6, 6.07) is 10.2. The third kappa shape index (κ3) is 6.25. The first-order valence-electron chi connectivity index (χ1n) is 8.23. The lowest BCUT2D eigenvalue weighted by Crippen LogP contribution is -2.36. The van der Waals surface area contributed by atoms with E-state index in [1.165, 1.54) is 0 Å². The van der Waals surface area contributed by atoms with Crippen molar-refractivity contribution in [1.82, 2.24) is 10.3 Å². The van der Waals surface area contributed by atoms with Gasteiger partial charge in [-0.2, -0.15) is 0 Å². The Morgan fingerprint density at radius 2 is 2.12 bits per heavy atom. The van der Waals surface area contributed by atoms with Gasteiger partial charge in [-0.15, -0.1) is 0 Å². The molecule has 6 nitrogen and oxygen atoms in total. The Morgan fingerprint density at radius 3 is 2.80 bits per heavy atom. The van der Waals surface area contributed by atoms with Crippen molar-refractivity contribution in [3.63, 3.8) is 0 Å². The summed E-state index contributed by atoms with van der Waals surface area (Å²) in [5, 5.41) is 11.7. The number of amides is 1. The molecule has 0 saturated carbocycles. The molecule has 2 rings (SSSR count). The van der Waals surface area contributed by atoms with Crippen molar-refractivity contribution in [2.45, 2.75) is 38.8 Å². The Kier molecular flexibility index (Phi) is 6.95. The highest BCUT2D eigenvalue weighted by Crippen LogP contribution is 2.15. The zero-order valence-electron chi connectivity index (χ0n) is 14.1. The van der Waals surface area contributed by atoms with Crippen LogP contribution in [0.3, 0.4) is 0 Å². The normalized spacial score (nSPS) is 11.6. The number of benzene rings is 1. The summed E-state index contributed by atoms with van der Waals surface area (Å²) in [6.07, 6.45) is 4.74. The molecule has 2 aromatic rings. The van der Waals surface area contributed by atoms with Crippen molar-refractivity contribution in [3.8, 4) is 5.75 Å². The van der Waals surface area contributed by atoms with Crippen LogP contribution in [0.2, 0.25) is 0 Å². The number of aromatic nitrogens is 1. The van der Waals surface area contributed by atoms with Crippen LogP contribution in [-0.2, 0) is 11.4 Å². The zero-order valence-corrected chi connectivity index (χ0v) is 14.1. The summed E-state index contributed by atoms with van der Waals surface area (Å²) < 4.78 is 5.69. The molecule has 0 saturated heterocycles. The number of nitrogens with one attached hydrogen (secondary N) is 1. The van der Waals surface area contributed by atoms with E-state index >= 15 is 0 Å². The number of hydrogen-bond donors (Lipinski definition) is 2. The van der Waals surface area contributed by atoms with Gasteiger partial charge in [-0.05, 0) is 30.7 Å². The van der Waals surface area contributed by atoms with Crippen molar-refractivity contribution >= 4 is 11.9 Å². The van der Waals surface area contributed by atoms with E-state index in [1.807, 2.05) is 19.1 Å². The predicted octanol–water partition coefficient (Wildman–Crippen LogP) is 3.03. The first-order chi connectivity index (χ1) is 12.1. The van der Waals surface area contributed by atoms with Gasteiger partial charge in [-0.1, -0.05) is 25.5 Å². The van der Waals surface area contributed by atoms with E-state index in [9.17, 15) is 9.59 Å². The van der Waals surface area contributed by atoms with E-state index in [-0.39, 0.29) is 18.4 Å². The van der Waals surface area contributed by atoms with Gasteiger partial charge in [0.2, 0.25) is 0 Å². The molecule has 0 aliphatic rings. The Balaban J connectivity index is 1.98. The Morgan fingerprint density at radius 1 is 1.28 bits per heavy atom. The summed E-state index contributed by atoms with van der Waals surface area (Å²) in [7, 11) is 0. The minimum atomic E-state index is -0.924. The lowest BCUT2D eigenvalue weighted by molar-refractivity contribution is -0.137. The van der Waals surface area contributed by atoms with Crippen LogP contribution in [0.15, 0.2) is 48.8 Å². The summed E-state index contributed by atoms with van der Waals surface area (Å²) in [5.74, 6) is -0.652. The van der Waals surface area contributed by atoms with Crippen LogP contribution in [0.5, 0.6) is 5.75 Å². The van der Waals surface area contributed by atoms with Crippen LogP contribution in [0.1, 0.15) is 42.1 Å². The lowest BCUT2D eigenvalue weighted by Gasteiger charge is -2.16. The molecule has 6 heteroatoms. The second kappa shape index (κ2) is 9.42. The topological polar surface area (TPSA) is 88.5 Å². The monoisotopic (exact) mass is 342 g/mol. The molecule has 0 aliphatic heterocycles. The first kappa shape index (κ1) is 18.4. The largest absolute Gasteiger partial charge is 0.489 e. The quantitative estimate of drug-likeness (QED) is 0.731. The number of pyridine rings is 1. The molecule has 1 atom stereocenters. The first-order valence-corrected chi connectivity index (χ1v) is 8.23. The molecule has 0 aliphatic carbocycles. The standard InChI is InChI=1S/C19H22N2O4/c1-2-5-16(11-18(22)23)21-19(24)15-7-3-8-17(10-15)25-13-14-6-4-9-20-12-14/h3-4,6-10,12,16H,2,5,11,13H2,1H3,(H,21,24)(H,22,23)/t16-/m1/s1. The molecule has 1 amide bonds. The number of carboxylic acid groups (broad SMARTS) is 1. The number of nitrogens with zero attached hydrogens (tertiary/aromatic N) is 1. The van der Waals surface area contributed by atoms with E-state index in [0.717, 1.165) is 12.0 Å². The highest BCUT2D eigenvalue weighted by Gasteiger charge is 2.16. The zero-order chi connectivity index (χ0) is 18.1. The predicted molar refractivity (Wildman–Crippen MR) is 93.4 cm³/mol. The SMILES string of the molecule is CCC[C@H](CC(=O)O)NC(=O)c1cccc(OCc2cccnc2)c1. The van der Waals surface area contributed by atoms with Gasteiger partial charge in [0, 0.05) is 29.6 Å². The lowest BCUT2D eigenvalue weighted by atomic mass is 10.1. The fourth-order valence-corrected chi connectivity index (χ4v) is 2.43. The number of aliphatic carboxylic acids is 1. The van der Waals surface area contributed by atoms with E-state index in [2.05, 4.69) is 10.3 Å². The van der Waals surface area contributed by atoms with Crippen molar-refractivity contribution in [2.75, 3.05) is 0 Å². The van der Waals surface area contributed by atoms with Crippen molar-refractivity contribution in [3.05, 3.63) is 59.9 Å². The second-order valence-electron chi connectivity index (χ2n) is 5.73. The fourth-order valence-electron chi connectivity index (χ4n) is 2.43. The smallest absolute Gasteiger partial charge is 0.305 e. The van der Waals surface area contributed by atoms with Crippen molar-refractivity contribution in [2.24, 2.45) is 0 Å². The van der Waals surface area contributed by atoms with Crippen LogP contribution < -0.4 is 10.1 Å². The molecule has 0 spiro atoms. The average molecular weight is 342 g/mol. The molecular formula is C19H22N2O4. The van der Waals surface area contributed by atoms with Gasteiger partial charge in [-0.25, -0.2) is 0 Å². The van der Waals surface area contributed by atoms with Crippen LogP contribution in [0.25, 0.3) is 0 Å². The molecule has 1 heterocycles. The van der Waals surface area contributed by atoms with Gasteiger partial charge in [0.25, 0.3) is 5.91 Å². The summed E-state index contributed by atoms with van der Waals surface area (Å²) in [5.41, 5.74) is 1.37. The van der Waals surface area contributed by atoms with E-state index in [1.54, 1.807) is 36.7 Å². The fraction of sp³-hybridized carbons (Fsp3) is 0.316. The number of hydrogen-bond acceptors (Lipinski definition) is 4. The van der Waals surface area contributed by atoms with Gasteiger partial charge in [0.1, 0.15) is 12.4 Å². The average Bonchev–Trinajstić information content (AvgIpc) is 2.61. The highest BCUT2D eigenvalue weighted by molar-refractivity contribution is 5.95. The Bertz CT molecular complexity index is 704. The molecule has 1 aromatic heterocycles. The molecule has 0 bridgehead atoms. The molecule has 132 valence electrons. The molecular weight excluding hydrogens is 320 g/mol. The Labute approximate surface area is 146 Å². The molecule has 0 radical (unpaired) electrons. The molecule has 25 heavy (non-hydrogen) atoms. The highest BCUT2D eigenvalue weighted by atomic mass is 16.5. The van der Waals surface area contributed by atoms with Crippen LogP contribution in [0, 0.1) is 0 Å². The molecule has 1 aromatic carbocycles. The number of ether oxygens (including phenoxy) is 1. The second-order valence-corrected chi connectivity index (χ2v) is 5.73. The van der Waals surface area contributed by atoms with Gasteiger partial charge < -0.3 is 15.2 Å². The Hall–Kier alpha value is -2.89. The van der Waals surface area contributed by atoms with Crippen LogP contribution >= 0.6 is 0 Å². The maximum atomic E-state index is 12.4. The maximum absolute atomic E-state index is 12.4. The van der Waals surface area contributed by atoms with E-state index in [4.69, 9.17) is 9.84 Å².